The lowest BCUT2D eigenvalue weighted by molar-refractivity contribution is -0.148. The molecule has 0 bridgehead atoms. The summed E-state index contributed by atoms with van der Waals surface area (Å²) in [4.78, 5) is 24.7. The Morgan fingerprint density at radius 1 is 0.966 bits per heavy atom. The summed E-state index contributed by atoms with van der Waals surface area (Å²) in [6.07, 6.45) is 0.128. The Morgan fingerprint density at radius 3 is 2.07 bits per heavy atom. The minimum absolute atomic E-state index is 0.0375. The van der Waals surface area contributed by atoms with Crippen molar-refractivity contribution in [3.8, 4) is 0 Å². The predicted molar refractivity (Wildman–Crippen MR) is 113 cm³/mol. The summed E-state index contributed by atoms with van der Waals surface area (Å²) in [7, 11) is -3.25. The van der Waals surface area contributed by atoms with Gasteiger partial charge in [-0.15, -0.1) is 0 Å². The third-order valence-electron chi connectivity index (χ3n) is 4.70. The average Bonchev–Trinajstić information content (AvgIpc) is 2.69. The first-order valence-electron chi connectivity index (χ1n) is 9.49. The molecule has 0 atom stereocenters. The van der Waals surface area contributed by atoms with Crippen LogP contribution in [0.25, 0.3) is 0 Å². The van der Waals surface area contributed by atoms with Gasteiger partial charge in [-0.3, -0.25) is 9.59 Å². The van der Waals surface area contributed by atoms with Gasteiger partial charge < -0.3 is 10.1 Å². The number of anilines is 1. The maximum Gasteiger partial charge on any atom is 0.315 e. The first-order valence-corrected chi connectivity index (χ1v) is 11.1. The van der Waals surface area contributed by atoms with Gasteiger partial charge in [0, 0.05) is 5.69 Å². The quantitative estimate of drug-likeness (QED) is 0.664. The van der Waals surface area contributed by atoms with Crippen LogP contribution in [0.5, 0.6) is 0 Å². The molecule has 0 saturated carbocycles. The van der Waals surface area contributed by atoms with Crippen molar-refractivity contribution in [2.75, 3.05) is 17.7 Å². The summed E-state index contributed by atoms with van der Waals surface area (Å²) >= 11 is 0. The fourth-order valence-electron chi connectivity index (χ4n) is 2.77. The Hall–Kier alpha value is -2.67. The number of carbonyl (C=O) groups excluding carboxylic acids is 2. The second-order valence-electron chi connectivity index (χ2n) is 7.20. The van der Waals surface area contributed by atoms with Gasteiger partial charge in [-0.2, -0.15) is 0 Å². The van der Waals surface area contributed by atoms with Crippen LogP contribution in [-0.2, 0) is 36.0 Å². The standard InChI is InChI=1S/C22H27NO5S/c1-5-28-21(25)22(3,4)17-9-11-18(12-10-17)23-20(24)15-16-7-13-19(14-8-16)29(26,27)6-2/h7-14H,5-6,15H2,1-4H3,(H,23,24). The molecule has 0 aromatic heterocycles. The van der Waals surface area contributed by atoms with E-state index in [0.717, 1.165) is 11.1 Å². The van der Waals surface area contributed by atoms with Crippen LogP contribution in [0, 0.1) is 0 Å². The van der Waals surface area contributed by atoms with E-state index in [2.05, 4.69) is 5.32 Å². The predicted octanol–water partition coefficient (Wildman–Crippen LogP) is 3.50. The van der Waals surface area contributed by atoms with Crippen molar-refractivity contribution in [2.24, 2.45) is 0 Å². The number of hydrogen-bond acceptors (Lipinski definition) is 5. The molecular weight excluding hydrogens is 390 g/mol. The summed E-state index contributed by atoms with van der Waals surface area (Å²) < 4.78 is 28.8. The molecule has 2 aromatic carbocycles. The van der Waals surface area contributed by atoms with Crippen LogP contribution >= 0.6 is 0 Å². The van der Waals surface area contributed by atoms with Gasteiger partial charge in [0.05, 0.1) is 29.1 Å². The van der Waals surface area contributed by atoms with Crippen molar-refractivity contribution in [2.45, 2.75) is 44.4 Å². The van der Waals surface area contributed by atoms with E-state index in [1.54, 1.807) is 64.1 Å². The van der Waals surface area contributed by atoms with Gasteiger partial charge in [0.2, 0.25) is 5.91 Å². The van der Waals surface area contributed by atoms with Crippen LogP contribution in [0.1, 0.15) is 38.8 Å². The SMILES string of the molecule is CCOC(=O)C(C)(C)c1ccc(NC(=O)Cc2ccc(S(=O)(=O)CC)cc2)cc1. The zero-order valence-corrected chi connectivity index (χ0v) is 18.0. The summed E-state index contributed by atoms with van der Waals surface area (Å²) in [5.41, 5.74) is 1.35. The molecule has 29 heavy (non-hydrogen) atoms. The molecule has 1 amide bonds. The summed E-state index contributed by atoms with van der Waals surface area (Å²) in [6.45, 7) is 7.27. The number of benzene rings is 2. The second kappa shape index (κ2) is 9.22. The number of hydrogen-bond donors (Lipinski definition) is 1. The summed E-state index contributed by atoms with van der Waals surface area (Å²) in [5.74, 6) is -0.477. The Labute approximate surface area is 172 Å². The highest BCUT2D eigenvalue weighted by atomic mass is 32.2. The molecule has 0 unspecified atom stereocenters. The van der Waals surface area contributed by atoms with Crippen molar-refractivity contribution < 1.29 is 22.7 Å². The Morgan fingerprint density at radius 2 is 1.55 bits per heavy atom. The molecule has 0 aliphatic carbocycles. The molecule has 0 saturated heterocycles. The topological polar surface area (TPSA) is 89.5 Å². The summed E-state index contributed by atoms with van der Waals surface area (Å²) in [5, 5.41) is 2.81. The molecule has 0 radical (unpaired) electrons. The Balaban J connectivity index is 2.02. The fourth-order valence-corrected chi connectivity index (χ4v) is 3.66. The Bertz CT molecular complexity index is 961. The molecule has 2 aromatic rings. The van der Waals surface area contributed by atoms with Crippen LogP contribution in [0.4, 0.5) is 5.69 Å². The van der Waals surface area contributed by atoms with Crippen LogP contribution in [0.3, 0.4) is 0 Å². The molecule has 0 aliphatic rings. The number of rotatable bonds is 8. The highest BCUT2D eigenvalue weighted by Gasteiger charge is 2.31. The molecule has 0 aliphatic heterocycles. The molecule has 0 fully saturated rings. The average molecular weight is 418 g/mol. The minimum atomic E-state index is -3.25. The van der Waals surface area contributed by atoms with Gasteiger partial charge in [0.25, 0.3) is 0 Å². The normalized spacial score (nSPS) is 11.7. The van der Waals surface area contributed by atoms with Gasteiger partial charge in [-0.05, 0) is 56.2 Å². The molecule has 0 heterocycles. The number of ether oxygens (including phenoxy) is 1. The van der Waals surface area contributed by atoms with E-state index < -0.39 is 15.3 Å². The van der Waals surface area contributed by atoms with E-state index in [0.29, 0.717) is 12.3 Å². The van der Waals surface area contributed by atoms with Gasteiger partial charge in [0.1, 0.15) is 0 Å². The van der Waals surface area contributed by atoms with Crippen LogP contribution in [-0.4, -0.2) is 32.7 Å². The van der Waals surface area contributed by atoms with E-state index in [4.69, 9.17) is 4.74 Å². The lowest BCUT2D eigenvalue weighted by atomic mass is 9.84. The zero-order valence-electron chi connectivity index (χ0n) is 17.2. The van der Waals surface area contributed by atoms with E-state index in [1.807, 2.05) is 0 Å². The van der Waals surface area contributed by atoms with Crippen molar-refractivity contribution in [1.82, 2.24) is 0 Å². The molecular formula is C22H27NO5S. The highest BCUT2D eigenvalue weighted by Crippen LogP contribution is 2.26. The van der Waals surface area contributed by atoms with Crippen molar-refractivity contribution >= 4 is 27.4 Å². The minimum Gasteiger partial charge on any atom is -0.465 e. The van der Waals surface area contributed by atoms with E-state index in [-0.39, 0.29) is 28.9 Å². The van der Waals surface area contributed by atoms with Gasteiger partial charge in [-0.1, -0.05) is 31.2 Å². The van der Waals surface area contributed by atoms with Crippen molar-refractivity contribution in [3.05, 3.63) is 59.7 Å². The highest BCUT2D eigenvalue weighted by molar-refractivity contribution is 7.91. The molecule has 7 heteroatoms. The monoisotopic (exact) mass is 417 g/mol. The molecule has 6 nitrogen and oxygen atoms in total. The maximum absolute atomic E-state index is 12.3. The number of esters is 1. The van der Waals surface area contributed by atoms with E-state index in [1.165, 1.54) is 12.1 Å². The molecule has 156 valence electrons. The van der Waals surface area contributed by atoms with Crippen LogP contribution in [0.15, 0.2) is 53.4 Å². The largest absolute Gasteiger partial charge is 0.465 e. The second-order valence-corrected chi connectivity index (χ2v) is 9.47. The maximum atomic E-state index is 12.3. The zero-order chi connectivity index (χ0) is 21.7. The molecule has 1 N–H and O–H groups in total. The smallest absolute Gasteiger partial charge is 0.315 e. The van der Waals surface area contributed by atoms with E-state index in [9.17, 15) is 18.0 Å². The number of amides is 1. The van der Waals surface area contributed by atoms with Crippen molar-refractivity contribution in [3.63, 3.8) is 0 Å². The lowest BCUT2D eigenvalue weighted by Crippen LogP contribution is -2.31. The third-order valence-corrected chi connectivity index (χ3v) is 6.45. The van der Waals surface area contributed by atoms with E-state index >= 15 is 0 Å². The van der Waals surface area contributed by atoms with Crippen LogP contribution in [0.2, 0.25) is 0 Å². The molecule has 2 rings (SSSR count). The van der Waals surface area contributed by atoms with Gasteiger partial charge >= 0.3 is 5.97 Å². The number of nitrogens with one attached hydrogen (secondary N) is 1. The van der Waals surface area contributed by atoms with Crippen LogP contribution < -0.4 is 5.32 Å². The fraction of sp³-hybridized carbons (Fsp3) is 0.364. The summed E-state index contributed by atoms with van der Waals surface area (Å²) in [6, 6.07) is 13.4. The number of sulfone groups is 1. The molecule has 0 spiro atoms. The Kier molecular flexibility index (Phi) is 7.19. The first kappa shape index (κ1) is 22.6. The van der Waals surface area contributed by atoms with Gasteiger partial charge in [0.15, 0.2) is 9.84 Å². The first-order chi connectivity index (χ1) is 13.6. The third kappa shape index (κ3) is 5.67. The number of carbonyl (C=O) groups is 2. The lowest BCUT2D eigenvalue weighted by Gasteiger charge is -2.23. The van der Waals surface area contributed by atoms with Crippen molar-refractivity contribution in [1.29, 1.82) is 0 Å². The van der Waals surface area contributed by atoms with Gasteiger partial charge in [-0.25, -0.2) is 8.42 Å².